The molecule has 0 radical (unpaired) electrons. The number of allylic oxidation sites excluding steroid dienone is 2. The largest absolute Gasteiger partial charge is 0.290 e. The number of hydrogen-bond acceptors (Lipinski definition) is 1. The Morgan fingerprint density at radius 2 is 1.92 bits per heavy atom. The molecule has 1 aromatic carbocycles. The van der Waals surface area contributed by atoms with Crippen molar-refractivity contribution in [3.8, 4) is 0 Å². The minimum absolute atomic E-state index is 0.102. The van der Waals surface area contributed by atoms with Gasteiger partial charge in [-0.15, -0.1) is 0 Å². The molecule has 1 aromatic rings. The molecule has 1 rings (SSSR count). The van der Waals surface area contributed by atoms with E-state index >= 15 is 0 Å². The van der Waals surface area contributed by atoms with Crippen LogP contribution in [0.2, 0.25) is 5.02 Å². The van der Waals surface area contributed by atoms with Crippen LogP contribution in [0.5, 0.6) is 0 Å². The number of carbonyl (C=O) groups is 1. The van der Waals surface area contributed by atoms with Crippen LogP contribution in [0.4, 0.5) is 0 Å². The van der Waals surface area contributed by atoms with Gasteiger partial charge in [-0.2, -0.15) is 0 Å². The fraction of sp³-hybridized carbons (Fsp3) is 0. The van der Waals surface area contributed by atoms with Crippen LogP contribution in [0.25, 0.3) is 6.08 Å². The van der Waals surface area contributed by atoms with Crippen molar-refractivity contribution >= 4 is 23.5 Å². The summed E-state index contributed by atoms with van der Waals surface area (Å²) in [5.41, 5.74) is 0.944. The van der Waals surface area contributed by atoms with Gasteiger partial charge in [-0.3, -0.25) is 4.79 Å². The second-order valence-electron chi connectivity index (χ2n) is 2.49. The maximum Gasteiger partial charge on any atom is 0.178 e. The van der Waals surface area contributed by atoms with Crippen LogP contribution in [-0.4, -0.2) is 5.78 Å². The zero-order chi connectivity index (χ0) is 9.68. The Morgan fingerprint density at radius 1 is 1.31 bits per heavy atom. The average Bonchev–Trinajstić information content (AvgIpc) is 2.16. The number of benzene rings is 1. The lowest BCUT2D eigenvalue weighted by Gasteiger charge is -1.91. The first kappa shape index (κ1) is 9.75. The van der Waals surface area contributed by atoms with E-state index in [2.05, 4.69) is 6.58 Å². The van der Waals surface area contributed by atoms with E-state index in [1.807, 2.05) is 12.1 Å². The van der Waals surface area contributed by atoms with Gasteiger partial charge < -0.3 is 0 Å². The molecule has 0 aliphatic heterocycles. The molecule has 0 aliphatic carbocycles. The highest BCUT2D eigenvalue weighted by molar-refractivity contribution is 6.30. The highest BCUT2D eigenvalue weighted by Gasteiger charge is 1.89. The van der Waals surface area contributed by atoms with Crippen molar-refractivity contribution < 1.29 is 4.79 Å². The van der Waals surface area contributed by atoms with Crippen molar-refractivity contribution in [2.75, 3.05) is 0 Å². The molecule has 0 unspecified atom stereocenters. The molecule has 0 spiro atoms. The molecule has 0 saturated carbocycles. The Labute approximate surface area is 82.3 Å². The van der Waals surface area contributed by atoms with Gasteiger partial charge in [0.05, 0.1) is 0 Å². The molecule has 0 saturated heterocycles. The summed E-state index contributed by atoms with van der Waals surface area (Å²) in [7, 11) is 0. The van der Waals surface area contributed by atoms with E-state index in [0.29, 0.717) is 5.02 Å². The van der Waals surface area contributed by atoms with Crippen LogP contribution < -0.4 is 0 Å². The minimum Gasteiger partial charge on any atom is -0.290 e. The molecule has 0 aliphatic rings. The fourth-order valence-electron chi connectivity index (χ4n) is 0.820. The number of carbonyl (C=O) groups excluding carboxylic acids is 1. The lowest BCUT2D eigenvalue weighted by Crippen LogP contribution is -1.82. The van der Waals surface area contributed by atoms with E-state index in [-0.39, 0.29) is 5.78 Å². The van der Waals surface area contributed by atoms with Crippen LogP contribution in [0.15, 0.2) is 43.0 Å². The van der Waals surface area contributed by atoms with Gasteiger partial charge in [-0.25, -0.2) is 0 Å². The molecule has 13 heavy (non-hydrogen) atoms. The predicted molar refractivity (Wildman–Crippen MR) is 55.7 cm³/mol. The minimum atomic E-state index is -0.102. The lowest BCUT2D eigenvalue weighted by molar-refractivity contribution is -0.110. The Morgan fingerprint density at radius 3 is 2.46 bits per heavy atom. The normalized spacial score (nSPS) is 10.2. The number of rotatable bonds is 3. The Bertz CT molecular complexity index is 336. The molecule has 66 valence electrons. The molecule has 0 amide bonds. The third-order valence-corrected chi connectivity index (χ3v) is 1.76. The quantitative estimate of drug-likeness (QED) is 0.673. The smallest absolute Gasteiger partial charge is 0.178 e. The van der Waals surface area contributed by atoms with Crippen LogP contribution in [0, 0.1) is 0 Å². The van der Waals surface area contributed by atoms with Crippen LogP contribution in [0.1, 0.15) is 5.56 Å². The SMILES string of the molecule is C=CC(=O)/C=C/c1ccc(Cl)cc1. The molecule has 0 atom stereocenters. The molecule has 0 heterocycles. The van der Waals surface area contributed by atoms with Crippen molar-refractivity contribution in [1.82, 2.24) is 0 Å². The van der Waals surface area contributed by atoms with Gasteiger partial charge in [0.15, 0.2) is 5.78 Å². The summed E-state index contributed by atoms with van der Waals surface area (Å²) in [6.45, 7) is 3.37. The first-order valence-corrected chi connectivity index (χ1v) is 4.20. The third-order valence-electron chi connectivity index (χ3n) is 1.51. The standard InChI is InChI=1S/C11H9ClO/c1-2-11(13)8-5-9-3-6-10(12)7-4-9/h2-8H,1H2/b8-5+. The molecule has 0 N–H and O–H groups in total. The van der Waals surface area contributed by atoms with E-state index < -0.39 is 0 Å². The van der Waals surface area contributed by atoms with Gasteiger partial charge in [0.25, 0.3) is 0 Å². The van der Waals surface area contributed by atoms with Crippen LogP contribution >= 0.6 is 11.6 Å². The monoisotopic (exact) mass is 192 g/mol. The maximum atomic E-state index is 10.8. The zero-order valence-corrected chi connectivity index (χ0v) is 7.79. The van der Waals surface area contributed by atoms with Gasteiger partial charge in [0.2, 0.25) is 0 Å². The van der Waals surface area contributed by atoms with Crippen molar-refractivity contribution in [3.63, 3.8) is 0 Å². The summed E-state index contributed by atoms with van der Waals surface area (Å²) in [6, 6.07) is 7.24. The molecule has 1 nitrogen and oxygen atoms in total. The van der Waals surface area contributed by atoms with Gasteiger partial charge in [0, 0.05) is 5.02 Å². The Kier molecular flexibility index (Phi) is 3.47. The molecule has 0 aromatic heterocycles. The fourth-order valence-corrected chi connectivity index (χ4v) is 0.946. The van der Waals surface area contributed by atoms with Crippen molar-refractivity contribution in [3.05, 3.63) is 53.6 Å². The third kappa shape index (κ3) is 3.26. The highest BCUT2D eigenvalue weighted by Crippen LogP contribution is 2.10. The van der Waals surface area contributed by atoms with E-state index in [0.717, 1.165) is 5.56 Å². The van der Waals surface area contributed by atoms with E-state index in [4.69, 9.17) is 11.6 Å². The van der Waals surface area contributed by atoms with Gasteiger partial charge in [-0.1, -0.05) is 36.4 Å². The molecule has 0 fully saturated rings. The molecule has 2 heteroatoms. The Hall–Kier alpha value is -1.34. The summed E-state index contributed by atoms with van der Waals surface area (Å²) in [5, 5.41) is 0.687. The molecule has 0 bridgehead atoms. The number of hydrogen-bond donors (Lipinski definition) is 0. The van der Waals surface area contributed by atoms with Crippen LogP contribution in [0.3, 0.4) is 0 Å². The summed E-state index contributed by atoms with van der Waals surface area (Å²) in [4.78, 5) is 10.8. The first-order valence-electron chi connectivity index (χ1n) is 3.82. The average molecular weight is 193 g/mol. The highest BCUT2D eigenvalue weighted by atomic mass is 35.5. The van der Waals surface area contributed by atoms with E-state index in [1.165, 1.54) is 12.2 Å². The van der Waals surface area contributed by atoms with Gasteiger partial charge in [-0.05, 0) is 29.8 Å². The van der Waals surface area contributed by atoms with Crippen molar-refractivity contribution in [1.29, 1.82) is 0 Å². The van der Waals surface area contributed by atoms with Crippen molar-refractivity contribution in [2.45, 2.75) is 0 Å². The zero-order valence-electron chi connectivity index (χ0n) is 7.03. The summed E-state index contributed by atoms with van der Waals surface area (Å²) in [5.74, 6) is -0.102. The lowest BCUT2D eigenvalue weighted by atomic mass is 10.2. The number of halogens is 1. The summed E-state index contributed by atoms with van der Waals surface area (Å²) < 4.78 is 0. The number of ketones is 1. The van der Waals surface area contributed by atoms with E-state index in [9.17, 15) is 4.79 Å². The van der Waals surface area contributed by atoms with E-state index in [1.54, 1.807) is 18.2 Å². The summed E-state index contributed by atoms with van der Waals surface area (Å²) >= 11 is 5.69. The second-order valence-corrected chi connectivity index (χ2v) is 2.93. The molecular weight excluding hydrogens is 184 g/mol. The topological polar surface area (TPSA) is 17.1 Å². The second kappa shape index (κ2) is 4.63. The summed E-state index contributed by atoms with van der Waals surface area (Å²) in [6.07, 6.45) is 4.46. The van der Waals surface area contributed by atoms with Crippen molar-refractivity contribution in [2.24, 2.45) is 0 Å². The molecular formula is C11H9ClO. The van der Waals surface area contributed by atoms with Gasteiger partial charge in [0.1, 0.15) is 0 Å². The maximum absolute atomic E-state index is 10.8. The predicted octanol–water partition coefficient (Wildman–Crippen LogP) is 3.11. The first-order chi connectivity index (χ1) is 6.22. The van der Waals surface area contributed by atoms with Crippen LogP contribution in [-0.2, 0) is 4.79 Å². The van der Waals surface area contributed by atoms with Gasteiger partial charge >= 0.3 is 0 Å². The Balaban J connectivity index is 2.74.